The number of anilines is 1. The molecule has 0 fully saturated rings. The molecule has 0 radical (unpaired) electrons. The summed E-state index contributed by atoms with van der Waals surface area (Å²) in [6.45, 7) is 0.512. The van der Waals surface area contributed by atoms with E-state index >= 15 is 0 Å². The van der Waals surface area contributed by atoms with Gasteiger partial charge in [0.2, 0.25) is 0 Å². The minimum Gasteiger partial charge on any atom is -0.359 e. The Morgan fingerprint density at radius 3 is 2.40 bits per heavy atom. The van der Waals surface area contributed by atoms with Gasteiger partial charge >= 0.3 is 0 Å². The highest BCUT2D eigenvalue weighted by Crippen LogP contribution is 2.37. The summed E-state index contributed by atoms with van der Waals surface area (Å²) >= 11 is 0. The Morgan fingerprint density at radius 2 is 1.70 bits per heavy atom. The molecule has 0 N–H and O–H groups in total. The van der Waals surface area contributed by atoms with Crippen LogP contribution >= 0.6 is 0 Å². The van der Waals surface area contributed by atoms with Crippen LogP contribution in [0.25, 0.3) is 0 Å². The normalized spacial score (nSPS) is 18.2. The molecular weight excluding hydrogens is 263 g/mol. The highest BCUT2D eigenvalue weighted by Gasteiger charge is 2.34. The third kappa shape index (κ3) is 2.26. The summed E-state index contributed by atoms with van der Waals surface area (Å²) in [7, 11) is 0. The molecule has 20 heavy (non-hydrogen) atoms. The fraction of sp³-hybridized carbons (Fsp3) is 0.250. The molecule has 0 saturated carbocycles. The first-order chi connectivity index (χ1) is 9.66. The fourth-order valence-electron chi connectivity index (χ4n) is 2.79. The Hall–Kier alpha value is -1.97. The third-order valence-electron chi connectivity index (χ3n) is 3.73. The summed E-state index contributed by atoms with van der Waals surface area (Å²) < 4.78 is 40.0. The molecular formula is C16H14F3N. The number of hydrogen-bond acceptors (Lipinski definition) is 1. The Kier molecular flexibility index (Phi) is 3.38. The van der Waals surface area contributed by atoms with Crippen LogP contribution in [-0.4, -0.2) is 13.0 Å². The molecule has 3 rings (SSSR count). The standard InChI is InChI=1S/C16H14F3N/c17-12-5-7-13(8-6-12)20-10-9-11-3-1-2-4-14(11)15(20)16(18)19/h1-8,15-16H,9-10H2. The molecule has 1 heterocycles. The molecule has 2 aromatic rings. The van der Waals surface area contributed by atoms with E-state index in [1.54, 1.807) is 29.2 Å². The Labute approximate surface area is 115 Å². The van der Waals surface area contributed by atoms with Crippen LogP contribution < -0.4 is 4.90 Å². The second kappa shape index (κ2) is 5.19. The first kappa shape index (κ1) is 13.0. The van der Waals surface area contributed by atoms with Gasteiger partial charge in [-0.15, -0.1) is 0 Å². The number of benzene rings is 2. The molecule has 1 atom stereocenters. The molecule has 1 nitrogen and oxygen atoms in total. The van der Waals surface area contributed by atoms with Crippen LogP contribution in [0.5, 0.6) is 0 Å². The molecule has 2 aromatic carbocycles. The lowest BCUT2D eigenvalue weighted by atomic mass is 9.92. The highest BCUT2D eigenvalue weighted by molar-refractivity contribution is 5.52. The van der Waals surface area contributed by atoms with Gasteiger partial charge in [-0.2, -0.15) is 0 Å². The summed E-state index contributed by atoms with van der Waals surface area (Å²) in [5.74, 6) is -0.361. The van der Waals surface area contributed by atoms with Crippen LogP contribution in [-0.2, 0) is 6.42 Å². The molecule has 0 spiro atoms. The highest BCUT2D eigenvalue weighted by atomic mass is 19.3. The van der Waals surface area contributed by atoms with Crippen molar-refractivity contribution in [1.29, 1.82) is 0 Å². The molecule has 1 unspecified atom stereocenters. The van der Waals surface area contributed by atoms with Gasteiger partial charge in [-0.3, -0.25) is 0 Å². The van der Waals surface area contributed by atoms with Gasteiger partial charge in [-0.25, -0.2) is 13.2 Å². The van der Waals surface area contributed by atoms with Crippen LogP contribution in [0.4, 0.5) is 18.9 Å². The van der Waals surface area contributed by atoms with E-state index in [0.717, 1.165) is 12.0 Å². The van der Waals surface area contributed by atoms with E-state index in [0.29, 0.717) is 17.8 Å². The largest absolute Gasteiger partial charge is 0.359 e. The van der Waals surface area contributed by atoms with Gasteiger partial charge in [-0.05, 0) is 41.8 Å². The summed E-state index contributed by atoms with van der Waals surface area (Å²) in [6.07, 6.45) is -1.77. The van der Waals surface area contributed by atoms with E-state index in [9.17, 15) is 13.2 Å². The average molecular weight is 277 g/mol. The maximum Gasteiger partial charge on any atom is 0.262 e. The number of alkyl halides is 2. The van der Waals surface area contributed by atoms with Crippen molar-refractivity contribution in [2.45, 2.75) is 18.9 Å². The predicted molar refractivity (Wildman–Crippen MR) is 72.6 cm³/mol. The van der Waals surface area contributed by atoms with Crippen molar-refractivity contribution in [2.75, 3.05) is 11.4 Å². The lowest BCUT2D eigenvalue weighted by Crippen LogP contribution is -2.39. The molecule has 0 aromatic heterocycles. The van der Waals surface area contributed by atoms with E-state index in [1.807, 2.05) is 12.1 Å². The first-order valence-corrected chi connectivity index (χ1v) is 6.55. The van der Waals surface area contributed by atoms with Crippen LogP contribution in [0.2, 0.25) is 0 Å². The van der Waals surface area contributed by atoms with Crippen molar-refractivity contribution in [1.82, 2.24) is 0 Å². The number of rotatable bonds is 2. The molecule has 1 aliphatic rings. The van der Waals surface area contributed by atoms with Gasteiger partial charge in [0.05, 0.1) is 0 Å². The van der Waals surface area contributed by atoms with Crippen LogP contribution in [0.3, 0.4) is 0 Å². The summed E-state index contributed by atoms with van der Waals surface area (Å²) in [6, 6.07) is 12.0. The summed E-state index contributed by atoms with van der Waals surface area (Å²) in [5.41, 5.74) is 2.26. The zero-order chi connectivity index (χ0) is 14.1. The van der Waals surface area contributed by atoms with Crippen LogP contribution in [0.1, 0.15) is 17.2 Å². The Morgan fingerprint density at radius 1 is 1.00 bits per heavy atom. The number of hydrogen-bond donors (Lipinski definition) is 0. The van der Waals surface area contributed by atoms with Crippen molar-refractivity contribution in [3.05, 3.63) is 65.5 Å². The number of halogens is 3. The van der Waals surface area contributed by atoms with Gasteiger partial charge < -0.3 is 4.90 Å². The van der Waals surface area contributed by atoms with Crippen LogP contribution in [0, 0.1) is 5.82 Å². The maximum absolute atomic E-state index is 13.5. The molecule has 0 amide bonds. The SMILES string of the molecule is Fc1ccc(N2CCc3ccccc3C2C(F)F)cc1. The van der Waals surface area contributed by atoms with Crippen molar-refractivity contribution >= 4 is 5.69 Å². The Bertz CT molecular complexity index is 595. The van der Waals surface area contributed by atoms with Gasteiger partial charge in [0.25, 0.3) is 6.43 Å². The summed E-state index contributed by atoms with van der Waals surface area (Å²) in [5, 5.41) is 0. The van der Waals surface area contributed by atoms with Gasteiger partial charge in [0, 0.05) is 12.2 Å². The fourth-order valence-corrected chi connectivity index (χ4v) is 2.79. The summed E-state index contributed by atoms with van der Waals surface area (Å²) in [4.78, 5) is 1.66. The smallest absolute Gasteiger partial charge is 0.262 e. The van der Waals surface area contributed by atoms with Gasteiger partial charge in [0.15, 0.2) is 0 Å². The lowest BCUT2D eigenvalue weighted by Gasteiger charge is -2.38. The topological polar surface area (TPSA) is 3.24 Å². The Balaban J connectivity index is 2.02. The van der Waals surface area contributed by atoms with Crippen molar-refractivity contribution in [2.24, 2.45) is 0 Å². The van der Waals surface area contributed by atoms with Crippen molar-refractivity contribution < 1.29 is 13.2 Å². The number of nitrogens with zero attached hydrogens (tertiary/aromatic N) is 1. The predicted octanol–water partition coefficient (Wildman–Crippen LogP) is 4.19. The molecule has 0 bridgehead atoms. The van der Waals surface area contributed by atoms with E-state index in [1.165, 1.54) is 12.1 Å². The maximum atomic E-state index is 13.5. The van der Waals surface area contributed by atoms with Crippen molar-refractivity contribution in [3.8, 4) is 0 Å². The zero-order valence-electron chi connectivity index (χ0n) is 10.8. The van der Waals surface area contributed by atoms with Crippen LogP contribution in [0.15, 0.2) is 48.5 Å². The lowest BCUT2D eigenvalue weighted by molar-refractivity contribution is 0.109. The average Bonchev–Trinajstić information content (AvgIpc) is 2.46. The van der Waals surface area contributed by atoms with E-state index < -0.39 is 12.5 Å². The second-order valence-electron chi connectivity index (χ2n) is 4.90. The third-order valence-corrected chi connectivity index (χ3v) is 3.73. The first-order valence-electron chi connectivity index (χ1n) is 6.55. The monoisotopic (exact) mass is 277 g/mol. The molecule has 0 aliphatic carbocycles. The molecule has 104 valence electrons. The molecule has 0 saturated heterocycles. The van der Waals surface area contributed by atoms with Gasteiger partial charge in [-0.1, -0.05) is 24.3 Å². The zero-order valence-corrected chi connectivity index (χ0v) is 10.8. The minimum absolute atomic E-state index is 0.361. The number of fused-ring (bicyclic) bond motifs is 1. The van der Waals surface area contributed by atoms with E-state index in [4.69, 9.17) is 0 Å². The quantitative estimate of drug-likeness (QED) is 0.795. The molecule has 4 heteroatoms. The second-order valence-corrected chi connectivity index (χ2v) is 4.90. The molecule has 1 aliphatic heterocycles. The van der Waals surface area contributed by atoms with E-state index in [-0.39, 0.29) is 5.82 Å². The van der Waals surface area contributed by atoms with Crippen molar-refractivity contribution in [3.63, 3.8) is 0 Å². The minimum atomic E-state index is -2.48. The van der Waals surface area contributed by atoms with E-state index in [2.05, 4.69) is 0 Å². The van der Waals surface area contributed by atoms with Gasteiger partial charge in [0.1, 0.15) is 11.9 Å².